The zero-order chi connectivity index (χ0) is 22.1. The van der Waals surface area contributed by atoms with Crippen molar-refractivity contribution in [3.8, 4) is 11.5 Å². The van der Waals surface area contributed by atoms with Crippen molar-refractivity contribution in [3.63, 3.8) is 0 Å². The van der Waals surface area contributed by atoms with Gasteiger partial charge in [-0.1, -0.05) is 24.3 Å². The Kier molecular flexibility index (Phi) is 6.24. The molecule has 164 valence electrons. The monoisotopic (exact) mass is 441 g/mol. The zero-order valence-electron chi connectivity index (χ0n) is 18.1. The van der Waals surface area contributed by atoms with E-state index in [1.165, 1.54) is 0 Å². The smallest absolute Gasteiger partial charge is 0.180 e. The first-order valence-electron chi connectivity index (χ1n) is 10.9. The van der Waals surface area contributed by atoms with Crippen LogP contribution in [-0.2, 0) is 9.59 Å². The van der Waals surface area contributed by atoms with E-state index in [-0.39, 0.29) is 11.6 Å². The van der Waals surface area contributed by atoms with Crippen LogP contribution in [0.1, 0.15) is 56.9 Å². The van der Waals surface area contributed by atoms with E-state index in [9.17, 15) is 9.59 Å². The van der Waals surface area contributed by atoms with E-state index in [0.717, 1.165) is 60.3 Å². The van der Waals surface area contributed by atoms with Gasteiger partial charge in [0.05, 0.1) is 12.1 Å². The number of carbonyl (C=O) groups excluding carboxylic acids is 2. The summed E-state index contributed by atoms with van der Waals surface area (Å²) in [6.45, 7) is 6.81. The molecule has 4 rings (SSSR count). The predicted octanol–water partition coefficient (Wildman–Crippen LogP) is 5.35. The number of hydrogen-bond acceptors (Lipinski definition) is 5. The number of benzene rings is 1. The standard InChI is InChI=1S/C25H28ClNO4/c1-4-12-31-25-16(26)13-15(14-21(25)30-3)22-23-17(8-6-10-19(23)28)27(5-2)18-9-7-11-20(29)24(18)22/h4,13-14,22H,1,5-12H2,2-3H3. The molecular formula is C25H28ClNO4. The average molecular weight is 442 g/mol. The van der Waals surface area contributed by atoms with Gasteiger partial charge in [-0.2, -0.15) is 0 Å². The van der Waals surface area contributed by atoms with Crippen molar-refractivity contribution in [2.45, 2.75) is 51.4 Å². The number of allylic oxidation sites excluding steroid dienone is 4. The number of hydrogen-bond donors (Lipinski definition) is 0. The number of nitrogens with zero attached hydrogens (tertiary/aromatic N) is 1. The van der Waals surface area contributed by atoms with Crippen LogP contribution in [0.4, 0.5) is 0 Å². The normalized spacial score (nSPS) is 19.4. The molecular weight excluding hydrogens is 414 g/mol. The molecule has 2 aliphatic carbocycles. The topological polar surface area (TPSA) is 55.8 Å². The molecule has 0 atom stereocenters. The van der Waals surface area contributed by atoms with Gasteiger partial charge in [-0.15, -0.1) is 0 Å². The first kappa shape index (κ1) is 21.7. The van der Waals surface area contributed by atoms with Gasteiger partial charge >= 0.3 is 0 Å². The molecule has 0 spiro atoms. The van der Waals surface area contributed by atoms with Crippen LogP contribution in [0.25, 0.3) is 0 Å². The summed E-state index contributed by atoms with van der Waals surface area (Å²) in [6, 6.07) is 3.67. The molecule has 1 heterocycles. The lowest BCUT2D eigenvalue weighted by molar-refractivity contribution is -0.117. The largest absolute Gasteiger partial charge is 0.493 e. The Morgan fingerprint density at radius 1 is 1.10 bits per heavy atom. The summed E-state index contributed by atoms with van der Waals surface area (Å²) in [4.78, 5) is 28.6. The minimum Gasteiger partial charge on any atom is -0.493 e. The van der Waals surface area contributed by atoms with Gasteiger partial charge in [0.1, 0.15) is 6.61 Å². The van der Waals surface area contributed by atoms with Crippen LogP contribution in [0.3, 0.4) is 0 Å². The Morgan fingerprint density at radius 2 is 1.71 bits per heavy atom. The zero-order valence-corrected chi connectivity index (χ0v) is 18.9. The predicted molar refractivity (Wildman–Crippen MR) is 121 cm³/mol. The first-order chi connectivity index (χ1) is 15.0. The lowest BCUT2D eigenvalue weighted by Gasteiger charge is -2.43. The lowest BCUT2D eigenvalue weighted by atomic mass is 9.71. The summed E-state index contributed by atoms with van der Waals surface area (Å²) < 4.78 is 11.3. The summed E-state index contributed by atoms with van der Waals surface area (Å²) in [7, 11) is 1.56. The summed E-state index contributed by atoms with van der Waals surface area (Å²) >= 11 is 6.60. The number of Topliss-reactive ketones (excluding diaryl/α,β-unsaturated/α-hetero) is 2. The van der Waals surface area contributed by atoms with Crippen LogP contribution in [0.5, 0.6) is 11.5 Å². The molecule has 1 aromatic carbocycles. The van der Waals surface area contributed by atoms with Crippen molar-refractivity contribution in [1.29, 1.82) is 0 Å². The summed E-state index contributed by atoms with van der Waals surface area (Å²) in [5, 5.41) is 0.393. The molecule has 1 aromatic rings. The van der Waals surface area contributed by atoms with Crippen LogP contribution in [0.2, 0.25) is 5.02 Å². The highest BCUT2D eigenvalue weighted by atomic mass is 35.5. The molecule has 0 amide bonds. The van der Waals surface area contributed by atoms with E-state index in [4.69, 9.17) is 21.1 Å². The van der Waals surface area contributed by atoms with Gasteiger partial charge < -0.3 is 14.4 Å². The molecule has 5 nitrogen and oxygen atoms in total. The average Bonchev–Trinajstić information content (AvgIpc) is 2.76. The van der Waals surface area contributed by atoms with Crippen molar-refractivity contribution in [2.75, 3.05) is 20.3 Å². The summed E-state index contributed by atoms with van der Waals surface area (Å²) in [5.41, 5.74) is 4.44. The molecule has 0 N–H and O–H groups in total. The van der Waals surface area contributed by atoms with Gasteiger partial charge in [0.15, 0.2) is 23.1 Å². The molecule has 0 radical (unpaired) electrons. The third kappa shape index (κ3) is 3.69. The third-order valence-corrected chi connectivity index (χ3v) is 6.61. The van der Waals surface area contributed by atoms with E-state index in [0.29, 0.717) is 36.0 Å². The SMILES string of the molecule is C=CCOc1c(Cl)cc(C2C3=C(CCCC3=O)N(CC)C3=C2C(=O)CCC3)cc1OC. The van der Waals surface area contributed by atoms with Gasteiger partial charge in [-0.3, -0.25) is 9.59 Å². The molecule has 0 aromatic heterocycles. The Bertz CT molecular complexity index is 963. The van der Waals surface area contributed by atoms with Crippen LogP contribution >= 0.6 is 11.6 Å². The maximum Gasteiger partial charge on any atom is 0.180 e. The Labute approximate surface area is 188 Å². The maximum absolute atomic E-state index is 13.2. The maximum atomic E-state index is 13.2. The van der Waals surface area contributed by atoms with Crippen molar-refractivity contribution in [3.05, 3.63) is 57.9 Å². The van der Waals surface area contributed by atoms with Crippen LogP contribution in [-0.4, -0.2) is 36.7 Å². The van der Waals surface area contributed by atoms with E-state index >= 15 is 0 Å². The number of carbonyl (C=O) groups is 2. The molecule has 31 heavy (non-hydrogen) atoms. The number of rotatable bonds is 6. The van der Waals surface area contributed by atoms with Crippen molar-refractivity contribution in [2.24, 2.45) is 0 Å². The van der Waals surface area contributed by atoms with Gasteiger partial charge in [0.25, 0.3) is 0 Å². The van der Waals surface area contributed by atoms with E-state index in [2.05, 4.69) is 18.4 Å². The second-order valence-electron chi connectivity index (χ2n) is 8.09. The molecule has 3 aliphatic rings. The third-order valence-electron chi connectivity index (χ3n) is 6.33. The fraction of sp³-hybridized carbons (Fsp3) is 0.440. The number of ether oxygens (including phenoxy) is 2. The van der Waals surface area contributed by atoms with E-state index in [1.807, 2.05) is 12.1 Å². The van der Waals surface area contributed by atoms with Crippen molar-refractivity contribution >= 4 is 23.2 Å². The van der Waals surface area contributed by atoms with Gasteiger partial charge in [-0.05, 0) is 50.3 Å². The number of methoxy groups -OCH3 is 1. The van der Waals surface area contributed by atoms with Crippen LogP contribution in [0.15, 0.2) is 47.3 Å². The van der Waals surface area contributed by atoms with Crippen molar-refractivity contribution in [1.82, 2.24) is 4.90 Å². The second kappa shape index (κ2) is 8.91. The Balaban J connectivity index is 1.93. The highest BCUT2D eigenvalue weighted by Crippen LogP contribution is 2.50. The first-order valence-corrected chi connectivity index (χ1v) is 11.3. The molecule has 0 unspecified atom stereocenters. The molecule has 1 aliphatic heterocycles. The number of halogens is 1. The Morgan fingerprint density at radius 3 is 2.23 bits per heavy atom. The minimum absolute atomic E-state index is 0.122. The van der Waals surface area contributed by atoms with Crippen molar-refractivity contribution < 1.29 is 19.1 Å². The fourth-order valence-corrected chi connectivity index (χ4v) is 5.39. The highest BCUT2D eigenvalue weighted by molar-refractivity contribution is 6.32. The van der Waals surface area contributed by atoms with E-state index in [1.54, 1.807) is 13.2 Å². The molecule has 0 saturated heterocycles. The summed E-state index contributed by atoms with van der Waals surface area (Å²) in [6.07, 6.45) is 6.04. The van der Waals surface area contributed by atoms with Crippen LogP contribution < -0.4 is 9.47 Å². The lowest BCUT2D eigenvalue weighted by Crippen LogP contribution is -2.39. The molecule has 0 bridgehead atoms. The molecule has 0 fully saturated rings. The highest BCUT2D eigenvalue weighted by Gasteiger charge is 2.43. The molecule has 0 saturated carbocycles. The Hall–Kier alpha value is -2.53. The summed E-state index contributed by atoms with van der Waals surface area (Å²) in [5.74, 6) is 0.756. The van der Waals surface area contributed by atoms with Gasteiger partial charge in [0, 0.05) is 47.8 Å². The van der Waals surface area contributed by atoms with Gasteiger partial charge in [0.2, 0.25) is 0 Å². The quantitative estimate of drug-likeness (QED) is 0.557. The fourth-order valence-electron chi connectivity index (χ4n) is 5.12. The van der Waals surface area contributed by atoms with E-state index < -0.39 is 5.92 Å². The second-order valence-corrected chi connectivity index (χ2v) is 8.49. The van der Waals surface area contributed by atoms with Crippen LogP contribution in [0, 0.1) is 0 Å². The molecule has 6 heteroatoms. The minimum atomic E-state index is -0.409. The van der Waals surface area contributed by atoms with Gasteiger partial charge in [-0.25, -0.2) is 0 Å². The number of ketones is 2.